The Balaban J connectivity index is 0.00000256. The molecule has 3 aromatic rings. The van der Waals surface area contributed by atoms with E-state index in [1.165, 1.54) is 4.88 Å². The predicted octanol–water partition coefficient (Wildman–Crippen LogP) is 2.49. The number of H-pyrrole nitrogens is 1. The number of likely N-dealkylation sites (tertiary alicyclic amines) is 1. The van der Waals surface area contributed by atoms with Gasteiger partial charge in [-0.2, -0.15) is 5.10 Å². The Bertz CT molecular complexity index is 912. The van der Waals surface area contributed by atoms with Crippen molar-refractivity contribution in [3.63, 3.8) is 0 Å². The smallest absolute Gasteiger partial charge is 0.194 e. The molecular formula is C19H28IN9S. The van der Waals surface area contributed by atoms with Gasteiger partial charge >= 0.3 is 0 Å². The average Bonchev–Trinajstić information content (AvgIpc) is 3.50. The van der Waals surface area contributed by atoms with Gasteiger partial charge in [-0.1, -0.05) is 6.07 Å². The molecule has 1 aliphatic heterocycles. The van der Waals surface area contributed by atoms with E-state index in [1.807, 2.05) is 18.5 Å². The van der Waals surface area contributed by atoms with E-state index in [-0.39, 0.29) is 24.0 Å². The second-order valence-electron chi connectivity index (χ2n) is 7.25. The molecule has 9 nitrogen and oxygen atoms in total. The molecule has 0 amide bonds. The first kappa shape index (κ1) is 22.7. The van der Waals surface area contributed by atoms with Crippen molar-refractivity contribution >= 4 is 41.3 Å². The van der Waals surface area contributed by atoms with Crippen molar-refractivity contribution in [2.24, 2.45) is 12.0 Å². The molecule has 0 radical (unpaired) electrons. The topological polar surface area (TPSA) is 99.9 Å². The van der Waals surface area contributed by atoms with Gasteiger partial charge in [-0.3, -0.25) is 5.10 Å². The van der Waals surface area contributed by atoms with E-state index in [4.69, 9.17) is 4.99 Å². The minimum Gasteiger partial charge on any atom is -0.356 e. The molecule has 4 rings (SSSR count). The lowest BCUT2D eigenvalue weighted by Gasteiger charge is -2.33. The Labute approximate surface area is 197 Å². The standard InChI is InChI=1S/C19H27N9S.HI/c1-14-24-25-17(27(14)2)12-21-19(20-8-5-16-4-3-11-29-16)28-9-6-15(7-10-28)18-22-13-23-26-18;/h3-4,11,13,15H,5-10,12H2,1-2H3,(H,20,21)(H,22,23,26);1H. The van der Waals surface area contributed by atoms with Gasteiger partial charge in [0.15, 0.2) is 11.8 Å². The Morgan fingerprint density at radius 1 is 1.33 bits per heavy atom. The molecule has 1 aliphatic rings. The van der Waals surface area contributed by atoms with E-state index in [0.717, 1.165) is 62.3 Å². The minimum absolute atomic E-state index is 0. The first-order valence-corrected chi connectivity index (χ1v) is 10.8. The first-order valence-electron chi connectivity index (χ1n) is 9.96. The van der Waals surface area contributed by atoms with E-state index in [0.29, 0.717) is 12.5 Å². The molecule has 1 saturated heterocycles. The van der Waals surface area contributed by atoms with Gasteiger partial charge in [0.05, 0.1) is 0 Å². The van der Waals surface area contributed by atoms with Gasteiger partial charge in [-0.25, -0.2) is 9.98 Å². The van der Waals surface area contributed by atoms with Gasteiger partial charge in [0.25, 0.3) is 0 Å². The molecular weight excluding hydrogens is 513 g/mol. The molecule has 0 aliphatic carbocycles. The lowest BCUT2D eigenvalue weighted by Crippen LogP contribution is -2.46. The number of aryl methyl sites for hydroxylation is 1. The number of guanidine groups is 1. The van der Waals surface area contributed by atoms with E-state index < -0.39 is 0 Å². The zero-order valence-corrected chi connectivity index (χ0v) is 20.4. The summed E-state index contributed by atoms with van der Waals surface area (Å²) in [7, 11) is 1.98. The van der Waals surface area contributed by atoms with Gasteiger partial charge in [0.2, 0.25) is 0 Å². The van der Waals surface area contributed by atoms with Gasteiger partial charge in [0.1, 0.15) is 24.5 Å². The van der Waals surface area contributed by atoms with Gasteiger partial charge in [-0.05, 0) is 37.6 Å². The molecule has 1 fully saturated rings. The summed E-state index contributed by atoms with van der Waals surface area (Å²) in [4.78, 5) is 12.9. The zero-order valence-electron chi connectivity index (χ0n) is 17.3. The molecule has 0 spiro atoms. The average molecular weight is 541 g/mol. The number of piperidine rings is 1. The van der Waals surface area contributed by atoms with Crippen molar-refractivity contribution in [3.05, 3.63) is 46.2 Å². The Morgan fingerprint density at radius 3 is 2.80 bits per heavy atom. The van der Waals surface area contributed by atoms with Crippen LogP contribution in [0.4, 0.5) is 0 Å². The molecule has 162 valence electrons. The normalized spacial score (nSPS) is 15.3. The lowest BCUT2D eigenvalue weighted by molar-refractivity contribution is 0.298. The third kappa shape index (κ3) is 5.56. The summed E-state index contributed by atoms with van der Waals surface area (Å²) in [5, 5.41) is 21.1. The van der Waals surface area contributed by atoms with E-state index >= 15 is 0 Å². The minimum atomic E-state index is 0. The molecule has 30 heavy (non-hydrogen) atoms. The number of aromatic nitrogens is 6. The van der Waals surface area contributed by atoms with Crippen LogP contribution in [0.1, 0.15) is 41.1 Å². The highest BCUT2D eigenvalue weighted by Gasteiger charge is 2.24. The second-order valence-corrected chi connectivity index (χ2v) is 8.28. The lowest BCUT2D eigenvalue weighted by atomic mass is 9.96. The van der Waals surface area contributed by atoms with Crippen molar-refractivity contribution in [2.45, 2.75) is 38.6 Å². The molecule has 0 bridgehead atoms. The maximum atomic E-state index is 4.87. The quantitative estimate of drug-likeness (QED) is 0.283. The molecule has 2 N–H and O–H groups in total. The number of halogens is 1. The molecule has 4 heterocycles. The van der Waals surface area contributed by atoms with Gasteiger partial charge < -0.3 is 14.8 Å². The summed E-state index contributed by atoms with van der Waals surface area (Å²) in [6.07, 6.45) is 4.64. The Kier molecular flexibility index (Phi) is 8.19. The molecule has 3 aromatic heterocycles. The third-order valence-corrected chi connectivity index (χ3v) is 6.34. The van der Waals surface area contributed by atoms with Crippen LogP contribution in [-0.4, -0.2) is 60.4 Å². The van der Waals surface area contributed by atoms with E-state index in [2.05, 4.69) is 53.1 Å². The van der Waals surface area contributed by atoms with Crippen LogP contribution in [0, 0.1) is 6.92 Å². The summed E-state index contributed by atoms with van der Waals surface area (Å²) >= 11 is 1.79. The summed E-state index contributed by atoms with van der Waals surface area (Å²) in [6.45, 7) is 5.21. The van der Waals surface area contributed by atoms with Crippen molar-refractivity contribution in [3.8, 4) is 0 Å². The highest BCUT2D eigenvalue weighted by Crippen LogP contribution is 2.25. The van der Waals surface area contributed by atoms with E-state index in [1.54, 1.807) is 17.7 Å². The number of aliphatic imine (C=N–C) groups is 1. The van der Waals surface area contributed by atoms with Crippen LogP contribution in [0.2, 0.25) is 0 Å². The Hall–Kier alpha value is -2.02. The number of nitrogens with one attached hydrogen (secondary N) is 2. The summed E-state index contributed by atoms with van der Waals surface area (Å²) < 4.78 is 1.99. The highest BCUT2D eigenvalue weighted by atomic mass is 127. The van der Waals surface area contributed by atoms with Crippen molar-refractivity contribution in [1.29, 1.82) is 0 Å². The van der Waals surface area contributed by atoms with Crippen LogP contribution in [-0.2, 0) is 20.0 Å². The fourth-order valence-electron chi connectivity index (χ4n) is 3.53. The summed E-state index contributed by atoms with van der Waals surface area (Å²) in [5.74, 6) is 4.14. The fourth-order valence-corrected chi connectivity index (χ4v) is 4.24. The highest BCUT2D eigenvalue weighted by molar-refractivity contribution is 14.0. The number of hydrogen-bond donors (Lipinski definition) is 2. The van der Waals surface area contributed by atoms with Gasteiger partial charge in [-0.15, -0.1) is 45.5 Å². The van der Waals surface area contributed by atoms with Crippen LogP contribution in [0.3, 0.4) is 0 Å². The summed E-state index contributed by atoms with van der Waals surface area (Å²) in [5.41, 5.74) is 0. The molecule has 0 unspecified atom stereocenters. The monoisotopic (exact) mass is 541 g/mol. The largest absolute Gasteiger partial charge is 0.356 e. The third-order valence-electron chi connectivity index (χ3n) is 5.40. The van der Waals surface area contributed by atoms with E-state index in [9.17, 15) is 0 Å². The summed E-state index contributed by atoms with van der Waals surface area (Å²) in [6, 6.07) is 4.27. The van der Waals surface area contributed by atoms with Crippen LogP contribution in [0.5, 0.6) is 0 Å². The maximum Gasteiger partial charge on any atom is 0.194 e. The molecule has 0 atom stereocenters. The van der Waals surface area contributed by atoms with Crippen LogP contribution < -0.4 is 5.32 Å². The first-order chi connectivity index (χ1) is 14.2. The van der Waals surface area contributed by atoms with Crippen molar-refractivity contribution in [2.75, 3.05) is 19.6 Å². The number of nitrogens with zero attached hydrogens (tertiary/aromatic N) is 7. The van der Waals surface area contributed by atoms with Crippen molar-refractivity contribution in [1.82, 2.24) is 40.2 Å². The number of aromatic amines is 1. The zero-order chi connectivity index (χ0) is 20.1. The molecule has 0 saturated carbocycles. The molecule has 0 aromatic carbocycles. The van der Waals surface area contributed by atoms with Gasteiger partial charge in [0, 0.05) is 37.5 Å². The van der Waals surface area contributed by atoms with Crippen LogP contribution >= 0.6 is 35.3 Å². The Morgan fingerprint density at radius 2 is 2.17 bits per heavy atom. The van der Waals surface area contributed by atoms with Crippen molar-refractivity contribution < 1.29 is 0 Å². The number of hydrogen-bond acceptors (Lipinski definition) is 6. The fraction of sp³-hybridized carbons (Fsp3) is 0.526. The van der Waals surface area contributed by atoms with Crippen LogP contribution in [0.25, 0.3) is 0 Å². The maximum absolute atomic E-state index is 4.87. The predicted molar refractivity (Wildman–Crippen MR) is 128 cm³/mol. The molecule has 11 heteroatoms. The number of rotatable bonds is 6. The SMILES string of the molecule is Cc1nnc(CN=C(NCCc2cccs2)N2CCC(c3ncn[nH]3)CC2)n1C.I. The van der Waals surface area contributed by atoms with Crippen LogP contribution in [0.15, 0.2) is 28.8 Å². The second kappa shape index (κ2) is 10.8. The number of thiophene rings is 1.